The summed E-state index contributed by atoms with van der Waals surface area (Å²) in [4.78, 5) is 26.1. The number of pyridine rings is 1. The van der Waals surface area contributed by atoms with Gasteiger partial charge < -0.3 is 10.8 Å². The molecule has 0 aliphatic heterocycles. The number of rotatable bonds is 1. The molecule has 0 unspecified atom stereocenters. The highest BCUT2D eigenvalue weighted by Crippen LogP contribution is 2.03. The van der Waals surface area contributed by atoms with Crippen molar-refractivity contribution in [3.63, 3.8) is 0 Å². The van der Waals surface area contributed by atoms with Gasteiger partial charge in [0, 0.05) is 18.1 Å². The van der Waals surface area contributed by atoms with E-state index >= 15 is 0 Å². The number of hydrogen-bond acceptors (Lipinski definition) is 4. The van der Waals surface area contributed by atoms with Gasteiger partial charge in [-0.1, -0.05) is 0 Å². The van der Waals surface area contributed by atoms with Gasteiger partial charge in [-0.25, -0.2) is 9.78 Å². The van der Waals surface area contributed by atoms with Crippen molar-refractivity contribution >= 4 is 17.3 Å². The molecule has 0 atom stereocenters. The van der Waals surface area contributed by atoms with Crippen molar-refractivity contribution in [1.82, 2.24) is 9.38 Å². The zero-order chi connectivity index (χ0) is 11.0. The predicted octanol–water partition coefficient (Wildman–Crippen LogP) is -0.0251. The lowest BCUT2D eigenvalue weighted by molar-refractivity contribution is 0.0694. The first-order valence-corrected chi connectivity index (χ1v) is 4.10. The summed E-state index contributed by atoms with van der Waals surface area (Å²) in [5.74, 6) is -1.30. The Hall–Kier alpha value is -2.37. The molecule has 0 bridgehead atoms. The number of nitrogens with zero attached hydrogens (tertiary/aromatic N) is 2. The van der Waals surface area contributed by atoms with Crippen LogP contribution in [0.25, 0.3) is 5.65 Å². The number of aromatic nitrogens is 2. The molecule has 0 amide bonds. The Morgan fingerprint density at radius 3 is 2.87 bits per heavy atom. The third kappa shape index (κ3) is 1.41. The molecule has 76 valence electrons. The van der Waals surface area contributed by atoms with Crippen molar-refractivity contribution in [3.05, 3.63) is 40.4 Å². The lowest BCUT2D eigenvalue weighted by Gasteiger charge is -2.01. The molecule has 0 spiro atoms. The maximum absolute atomic E-state index is 11.6. The van der Waals surface area contributed by atoms with Crippen molar-refractivity contribution in [2.45, 2.75) is 0 Å². The van der Waals surface area contributed by atoms with E-state index in [1.807, 2.05) is 0 Å². The molecule has 6 heteroatoms. The summed E-state index contributed by atoms with van der Waals surface area (Å²) in [5.41, 5.74) is 5.20. The molecule has 3 N–H and O–H groups in total. The third-order valence-electron chi connectivity index (χ3n) is 1.96. The van der Waals surface area contributed by atoms with E-state index in [1.54, 1.807) is 12.1 Å². The molecule has 0 saturated heterocycles. The third-order valence-corrected chi connectivity index (χ3v) is 1.96. The van der Waals surface area contributed by atoms with Crippen LogP contribution in [-0.4, -0.2) is 20.5 Å². The molecule has 0 radical (unpaired) electrons. The molecule has 15 heavy (non-hydrogen) atoms. The lowest BCUT2D eigenvalue weighted by atomic mass is 10.3. The fraction of sp³-hybridized carbons (Fsp3) is 0. The minimum atomic E-state index is -1.30. The van der Waals surface area contributed by atoms with Crippen LogP contribution in [0, 0.1) is 0 Å². The fourth-order valence-electron chi connectivity index (χ4n) is 1.24. The van der Waals surface area contributed by atoms with Crippen LogP contribution in [-0.2, 0) is 0 Å². The van der Waals surface area contributed by atoms with Crippen molar-refractivity contribution in [2.24, 2.45) is 0 Å². The predicted molar refractivity (Wildman–Crippen MR) is 52.8 cm³/mol. The van der Waals surface area contributed by atoms with E-state index in [9.17, 15) is 9.59 Å². The molecule has 0 aliphatic carbocycles. The summed E-state index contributed by atoms with van der Waals surface area (Å²) >= 11 is 0. The fourth-order valence-corrected chi connectivity index (χ4v) is 1.24. The Morgan fingerprint density at radius 1 is 1.47 bits per heavy atom. The largest absolute Gasteiger partial charge is 0.477 e. The number of nitrogen functional groups attached to an aromatic ring is 1. The zero-order valence-electron chi connectivity index (χ0n) is 7.54. The number of anilines is 1. The zero-order valence-corrected chi connectivity index (χ0v) is 7.54. The van der Waals surface area contributed by atoms with Gasteiger partial charge >= 0.3 is 5.97 Å². The van der Waals surface area contributed by atoms with Gasteiger partial charge in [0.1, 0.15) is 11.2 Å². The quantitative estimate of drug-likeness (QED) is 0.681. The summed E-state index contributed by atoms with van der Waals surface area (Å²) in [5, 5.41) is 8.71. The van der Waals surface area contributed by atoms with E-state index in [4.69, 9.17) is 10.8 Å². The van der Waals surface area contributed by atoms with Crippen molar-refractivity contribution < 1.29 is 9.90 Å². The Morgan fingerprint density at radius 2 is 2.20 bits per heavy atom. The maximum Gasteiger partial charge on any atom is 0.342 e. The van der Waals surface area contributed by atoms with Crippen molar-refractivity contribution in [3.8, 4) is 0 Å². The summed E-state index contributed by atoms with van der Waals surface area (Å²) in [6.07, 6.45) is 2.38. The van der Waals surface area contributed by atoms with Gasteiger partial charge in [-0.3, -0.25) is 9.20 Å². The number of carboxylic acids is 1. The number of fused-ring (bicyclic) bond motifs is 1. The Labute approximate surface area is 83.6 Å². The second kappa shape index (κ2) is 3.09. The average molecular weight is 205 g/mol. The van der Waals surface area contributed by atoms with E-state index in [1.165, 1.54) is 6.20 Å². The molecule has 0 aromatic carbocycles. The molecule has 2 aromatic rings. The van der Waals surface area contributed by atoms with Crippen LogP contribution >= 0.6 is 0 Å². The SMILES string of the molecule is Nc1ccc2ncc(C(=O)O)c(=O)n2c1. The topological polar surface area (TPSA) is 97.7 Å². The van der Waals surface area contributed by atoms with Crippen molar-refractivity contribution in [1.29, 1.82) is 0 Å². The molecule has 6 nitrogen and oxygen atoms in total. The number of aromatic carboxylic acids is 1. The molecule has 0 fully saturated rings. The van der Waals surface area contributed by atoms with Gasteiger partial charge in [0.15, 0.2) is 0 Å². The van der Waals surface area contributed by atoms with E-state index in [2.05, 4.69) is 4.98 Å². The Bertz CT molecular complexity index is 603. The second-order valence-electron chi connectivity index (χ2n) is 2.97. The molecule has 0 aliphatic rings. The first-order valence-electron chi connectivity index (χ1n) is 4.10. The van der Waals surface area contributed by atoms with Crippen LogP contribution in [0.1, 0.15) is 10.4 Å². The van der Waals surface area contributed by atoms with Crippen LogP contribution < -0.4 is 11.3 Å². The van der Waals surface area contributed by atoms with Gasteiger partial charge in [-0.05, 0) is 12.1 Å². The van der Waals surface area contributed by atoms with Crippen molar-refractivity contribution in [2.75, 3.05) is 5.73 Å². The standard InChI is InChI=1S/C9H7N3O3/c10-5-1-2-7-11-3-6(9(14)15)8(13)12(7)4-5/h1-4H,10H2,(H,14,15). The monoisotopic (exact) mass is 205 g/mol. The molecular formula is C9H7N3O3. The van der Waals surface area contributed by atoms with Gasteiger partial charge in [0.2, 0.25) is 0 Å². The number of nitrogens with two attached hydrogens (primary N) is 1. The minimum absolute atomic E-state index is 0.360. The maximum atomic E-state index is 11.6. The highest BCUT2D eigenvalue weighted by molar-refractivity contribution is 5.87. The lowest BCUT2D eigenvalue weighted by Crippen LogP contribution is -2.22. The summed E-state index contributed by atoms with van der Waals surface area (Å²) in [6.45, 7) is 0. The molecule has 2 heterocycles. The smallest absolute Gasteiger partial charge is 0.342 e. The number of carbonyl (C=O) groups is 1. The second-order valence-corrected chi connectivity index (χ2v) is 2.97. The van der Waals surface area contributed by atoms with Crippen LogP contribution in [0.3, 0.4) is 0 Å². The highest BCUT2D eigenvalue weighted by Gasteiger charge is 2.11. The molecule has 0 saturated carbocycles. The first-order chi connectivity index (χ1) is 7.09. The van der Waals surface area contributed by atoms with E-state index < -0.39 is 11.5 Å². The summed E-state index contributed by atoms with van der Waals surface area (Å²) in [6, 6.07) is 3.13. The first kappa shape index (κ1) is 9.20. The average Bonchev–Trinajstić information content (AvgIpc) is 2.19. The van der Waals surface area contributed by atoms with Gasteiger partial charge in [0.25, 0.3) is 5.56 Å². The normalized spacial score (nSPS) is 10.4. The van der Waals surface area contributed by atoms with Crippen LogP contribution in [0.4, 0.5) is 5.69 Å². The summed E-state index contributed by atoms with van der Waals surface area (Å²) in [7, 11) is 0. The van der Waals surface area contributed by atoms with E-state index in [-0.39, 0.29) is 5.56 Å². The number of hydrogen-bond donors (Lipinski definition) is 2. The molecular weight excluding hydrogens is 198 g/mol. The minimum Gasteiger partial charge on any atom is -0.477 e. The van der Waals surface area contributed by atoms with Crippen LogP contribution in [0.15, 0.2) is 29.3 Å². The van der Waals surface area contributed by atoms with E-state index in [0.717, 1.165) is 10.6 Å². The van der Waals surface area contributed by atoms with Gasteiger partial charge in [-0.2, -0.15) is 0 Å². The molecule has 2 aromatic heterocycles. The summed E-state index contributed by atoms with van der Waals surface area (Å²) < 4.78 is 1.11. The van der Waals surface area contributed by atoms with Crippen LogP contribution in [0.2, 0.25) is 0 Å². The highest BCUT2D eigenvalue weighted by atomic mass is 16.4. The Balaban J connectivity index is 2.89. The van der Waals surface area contributed by atoms with Gasteiger partial charge in [0.05, 0.1) is 0 Å². The van der Waals surface area contributed by atoms with Crippen LogP contribution in [0.5, 0.6) is 0 Å². The van der Waals surface area contributed by atoms with E-state index in [0.29, 0.717) is 11.3 Å². The molecule has 2 rings (SSSR count). The number of carboxylic acid groups (broad SMARTS) is 1. The van der Waals surface area contributed by atoms with Gasteiger partial charge in [-0.15, -0.1) is 0 Å². The Kier molecular flexibility index (Phi) is 1.89.